The maximum atomic E-state index is 10.3. The number of ether oxygens (including phenoxy) is 1. The summed E-state index contributed by atoms with van der Waals surface area (Å²) in [7, 11) is 0. The first-order valence-corrected chi connectivity index (χ1v) is 8.93. The summed E-state index contributed by atoms with van der Waals surface area (Å²) in [5, 5.41) is 42.4. The number of nitrogens with two attached hydrogens (primary N) is 1. The molecule has 1 fully saturated rings. The van der Waals surface area contributed by atoms with E-state index >= 15 is 0 Å². The minimum atomic E-state index is -1.29. The lowest BCUT2D eigenvalue weighted by Crippen LogP contribution is -2.33. The van der Waals surface area contributed by atoms with Crippen LogP contribution in [0.15, 0.2) is 35.7 Å². The maximum Gasteiger partial charge on any atom is 0.247 e. The van der Waals surface area contributed by atoms with Gasteiger partial charge >= 0.3 is 0 Å². The van der Waals surface area contributed by atoms with Gasteiger partial charge in [0, 0.05) is 0 Å². The number of nitrogens with one attached hydrogen (secondary N) is 1. The number of aliphatic hydroxyl groups is 3. The van der Waals surface area contributed by atoms with Gasteiger partial charge in [0.15, 0.2) is 17.7 Å². The molecule has 0 spiro atoms. The Balaban J connectivity index is 1.59. The summed E-state index contributed by atoms with van der Waals surface area (Å²) in [5.74, 6) is 0.167. The molecule has 0 amide bonds. The molecule has 0 saturated carbocycles. The van der Waals surface area contributed by atoms with Gasteiger partial charge in [-0.2, -0.15) is 20.3 Å². The number of nitrogen functional groups attached to an aromatic ring is 1. The highest BCUT2D eigenvalue weighted by atomic mass is 16.6. The van der Waals surface area contributed by atoms with Crippen LogP contribution in [0, 0.1) is 11.3 Å². The van der Waals surface area contributed by atoms with Gasteiger partial charge < -0.3 is 25.8 Å². The second-order valence-corrected chi connectivity index (χ2v) is 6.59. The minimum Gasteiger partial charge on any atom is -0.394 e. The summed E-state index contributed by atoms with van der Waals surface area (Å²) in [4.78, 5) is 12.6. The first-order valence-electron chi connectivity index (χ1n) is 8.93. The predicted octanol–water partition coefficient (Wildman–Crippen LogP) is -0.662. The van der Waals surface area contributed by atoms with Crippen molar-refractivity contribution in [1.82, 2.24) is 19.5 Å². The molecular weight excluding hydrogens is 392 g/mol. The Morgan fingerprint density at radius 3 is 2.70 bits per heavy atom. The van der Waals surface area contributed by atoms with Gasteiger partial charge in [0.05, 0.1) is 30.8 Å². The molecule has 6 N–H and O–H groups in total. The van der Waals surface area contributed by atoms with E-state index in [2.05, 4.69) is 25.5 Å². The van der Waals surface area contributed by atoms with Crippen LogP contribution < -0.4 is 11.2 Å². The highest BCUT2D eigenvalue weighted by Gasteiger charge is 2.44. The molecule has 0 aliphatic carbocycles. The summed E-state index contributed by atoms with van der Waals surface area (Å²) in [6.45, 7) is -0.449. The second-order valence-electron chi connectivity index (χ2n) is 6.59. The fraction of sp³-hybridized carbons (Fsp3) is 0.278. The third-order valence-corrected chi connectivity index (χ3v) is 4.66. The van der Waals surface area contributed by atoms with E-state index in [1.165, 1.54) is 17.1 Å². The van der Waals surface area contributed by atoms with E-state index in [4.69, 9.17) is 15.7 Å². The van der Waals surface area contributed by atoms with Crippen LogP contribution in [0.5, 0.6) is 0 Å². The molecule has 1 saturated heterocycles. The first-order chi connectivity index (χ1) is 14.5. The smallest absolute Gasteiger partial charge is 0.247 e. The van der Waals surface area contributed by atoms with Crippen molar-refractivity contribution in [1.29, 1.82) is 5.26 Å². The van der Waals surface area contributed by atoms with Crippen LogP contribution >= 0.6 is 0 Å². The van der Waals surface area contributed by atoms with Gasteiger partial charge in [-0.1, -0.05) is 12.1 Å². The van der Waals surface area contributed by atoms with Crippen LogP contribution in [0.1, 0.15) is 17.4 Å². The van der Waals surface area contributed by atoms with Gasteiger partial charge in [-0.15, -0.1) is 0 Å². The molecule has 30 heavy (non-hydrogen) atoms. The fourth-order valence-corrected chi connectivity index (χ4v) is 3.09. The molecule has 4 atom stereocenters. The number of hydrazone groups is 1. The van der Waals surface area contributed by atoms with Gasteiger partial charge in [0.1, 0.15) is 23.8 Å². The number of imidazole rings is 1. The SMILES string of the molecule is N#Cc1ccc(/C=N/Nc2nc(N)c3ncn([C@@H]4O[C@H](CO)[C@@H](O)[C@H]4O)c3n2)cc1. The monoisotopic (exact) mass is 410 g/mol. The van der Waals surface area contributed by atoms with Gasteiger partial charge in [-0.05, 0) is 17.7 Å². The van der Waals surface area contributed by atoms with Crippen LogP contribution in [0.2, 0.25) is 0 Å². The Hall–Kier alpha value is -3.63. The van der Waals surface area contributed by atoms with E-state index in [0.717, 1.165) is 5.56 Å². The topological polar surface area (TPSA) is 188 Å². The molecule has 1 aromatic carbocycles. The zero-order valence-electron chi connectivity index (χ0n) is 15.5. The highest BCUT2D eigenvalue weighted by Crippen LogP contribution is 2.32. The van der Waals surface area contributed by atoms with Gasteiger partial charge in [-0.3, -0.25) is 4.57 Å². The number of rotatable bonds is 5. The van der Waals surface area contributed by atoms with Crippen molar-refractivity contribution in [2.75, 3.05) is 17.8 Å². The quantitative estimate of drug-likeness (QED) is 0.267. The van der Waals surface area contributed by atoms with Crippen molar-refractivity contribution >= 4 is 29.1 Å². The van der Waals surface area contributed by atoms with Crippen LogP contribution in [0.25, 0.3) is 11.2 Å². The first kappa shape index (κ1) is 19.7. The van der Waals surface area contributed by atoms with E-state index in [9.17, 15) is 15.3 Å². The normalized spacial score (nSPS) is 23.8. The number of aliphatic hydroxyl groups excluding tert-OH is 3. The number of hydrogen-bond acceptors (Lipinski definition) is 11. The second kappa shape index (κ2) is 8.01. The van der Waals surface area contributed by atoms with Crippen molar-refractivity contribution in [3.8, 4) is 6.07 Å². The van der Waals surface area contributed by atoms with Crippen molar-refractivity contribution in [2.45, 2.75) is 24.5 Å². The lowest BCUT2D eigenvalue weighted by Gasteiger charge is -2.16. The molecule has 3 heterocycles. The van der Waals surface area contributed by atoms with Gasteiger partial charge in [0.25, 0.3) is 0 Å². The minimum absolute atomic E-state index is 0.0818. The Bertz CT molecular complexity index is 1120. The maximum absolute atomic E-state index is 10.3. The molecule has 3 aromatic rings. The van der Waals surface area contributed by atoms with E-state index in [-0.39, 0.29) is 22.9 Å². The number of benzene rings is 1. The zero-order valence-corrected chi connectivity index (χ0v) is 15.5. The molecule has 12 nitrogen and oxygen atoms in total. The largest absolute Gasteiger partial charge is 0.394 e. The van der Waals surface area contributed by atoms with Gasteiger partial charge in [0.2, 0.25) is 5.95 Å². The molecule has 0 bridgehead atoms. The number of anilines is 2. The molecule has 1 aliphatic rings. The lowest BCUT2D eigenvalue weighted by atomic mass is 10.1. The third-order valence-electron chi connectivity index (χ3n) is 4.66. The average molecular weight is 410 g/mol. The van der Waals surface area contributed by atoms with E-state index in [1.807, 2.05) is 6.07 Å². The van der Waals surface area contributed by atoms with E-state index in [0.29, 0.717) is 5.56 Å². The summed E-state index contributed by atoms with van der Waals surface area (Å²) < 4.78 is 6.93. The molecule has 154 valence electrons. The van der Waals surface area contributed by atoms with Crippen molar-refractivity contribution in [3.05, 3.63) is 41.7 Å². The molecule has 2 aromatic heterocycles. The summed E-state index contributed by atoms with van der Waals surface area (Å²) in [6.07, 6.45) is -1.61. The van der Waals surface area contributed by atoms with Crippen LogP contribution in [0.3, 0.4) is 0 Å². The summed E-state index contributed by atoms with van der Waals surface area (Å²) in [5.41, 5.74) is 10.5. The number of nitriles is 1. The number of hydrogen-bond donors (Lipinski definition) is 5. The van der Waals surface area contributed by atoms with Crippen LogP contribution in [-0.2, 0) is 4.74 Å². The number of nitrogens with zero attached hydrogens (tertiary/aromatic N) is 6. The Morgan fingerprint density at radius 1 is 1.27 bits per heavy atom. The van der Waals surface area contributed by atoms with Gasteiger partial charge in [-0.25, -0.2) is 10.4 Å². The fourth-order valence-electron chi connectivity index (χ4n) is 3.09. The lowest BCUT2D eigenvalue weighted by molar-refractivity contribution is -0.0511. The average Bonchev–Trinajstić information content (AvgIpc) is 3.30. The zero-order chi connectivity index (χ0) is 21.3. The van der Waals surface area contributed by atoms with E-state index in [1.54, 1.807) is 24.3 Å². The van der Waals surface area contributed by atoms with Crippen molar-refractivity contribution < 1.29 is 20.1 Å². The Labute approximate surface area is 169 Å². The number of aromatic nitrogens is 4. The van der Waals surface area contributed by atoms with Crippen molar-refractivity contribution in [3.63, 3.8) is 0 Å². The van der Waals surface area contributed by atoms with Crippen LogP contribution in [-0.4, -0.2) is 66.0 Å². The molecule has 0 radical (unpaired) electrons. The summed E-state index contributed by atoms with van der Waals surface area (Å²) >= 11 is 0. The Morgan fingerprint density at radius 2 is 2.03 bits per heavy atom. The summed E-state index contributed by atoms with van der Waals surface area (Å²) in [6, 6.07) is 8.84. The molecule has 0 unspecified atom stereocenters. The number of fused-ring (bicyclic) bond motifs is 1. The Kier molecular flexibility index (Phi) is 5.25. The van der Waals surface area contributed by atoms with Crippen LogP contribution in [0.4, 0.5) is 11.8 Å². The standard InChI is InChI=1S/C18H18N8O4/c19-5-9-1-3-10(4-2-9)6-22-25-18-23-15(20)12-16(24-18)26(8-21-12)17-14(29)13(28)11(7-27)30-17/h1-4,6,8,11,13-14,17,27-29H,7H2,(H3,20,23,24,25)/b22-6+/t11-,13-,14-,17-/m1/s1. The molecule has 12 heteroatoms. The molecular formula is C18H18N8O4. The third kappa shape index (κ3) is 3.53. The predicted molar refractivity (Wildman–Crippen MR) is 105 cm³/mol. The molecule has 1 aliphatic heterocycles. The highest BCUT2D eigenvalue weighted by molar-refractivity contribution is 5.83. The molecule has 4 rings (SSSR count). The van der Waals surface area contributed by atoms with E-state index < -0.39 is 31.1 Å². The van der Waals surface area contributed by atoms with Crippen molar-refractivity contribution in [2.24, 2.45) is 5.10 Å².